The minimum absolute atomic E-state index is 0.0187. The number of aromatic carboxylic acids is 1. The smallest absolute Gasteiger partial charge is 0.419 e. The van der Waals surface area contributed by atoms with E-state index in [-0.39, 0.29) is 35.0 Å². The topological polar surface area (TPSA) is 161 Å². The van der Waals surface area contributed by atoms with Crippen molar-refractivity contribution in [3.8, 4) is 0 Å². The molecule has 0 aliphatic heterocycles. The SMILES string of the molecule is Cn1c(=O)oc2ccc(CNC(=O)c3cc(C(=O)NCc4ccc(C(=O)O)s4)n4ncc(F)c4n3)cc21. The molecule has 0 radical (unpaired) electrons. The molecule has 5 aromatic rings. The van der Waals surface area contributed by atoms with Crippen molar-refractivity contribution in [3.05, 3.63) is 85.7 Å². The highest BCUT2D eigenvalue weighted by atomic mass is 32.1. The Balaban J connectivity index is 1.36. The minimum atomic E-state index is -1.07. The molecule has 188 valence electrons. The molecule has 0 aliphatic carbocycles. The van der Waals surface area contributed by atoms with Crippen molar-refractivity contribution in [2.75, 3.05) is 0 Å². The number of amides is 2. The van der Waals surface area contributed by atoms with Gasteiger partial charge in [0.1, 0.15) is 16.3 Å². The summed E-state index contributed by atoms with van der Waals surface area (Å²) >= 11 is 1.00. The molecule has 0 saturated heterocycles. The third-order valence-electron chi connectivity index (χ3n) is 5.50. The maximum Gasteiger partial charge on any atom is 0.419 e. The molecule has 0 unspecified atom stereocenters. The number of carboxylic acid groups (broad SMARTS) is 1. The Kier molecular flexibility index (Phi) is 6.01. The van der Waals surface area contributed by atoms with Crippen LogP contribution in [0, 0.1) is 5.82 Å². The number of carboxylic acids is 1. The Hall–Kier alpha value is -4.85. The molecule has 0 saturated carbocycles. The highest BCUT2D eigenvalue weighted by Crippen LogP contribution is 2.17. The Bertz CT molecular complexity index is 1770. The lowest BCUT2D eigenvalue weighted by molar-refractivity contribution is 0.0701. The van der Waals surface area contributed by atoms with E-state index in [1.807, 2.05) is 0 Å². The van der Waals surface area contributed by atoms with Crippen LogP contribution in [0.2, 0.25) is 0 Å². The average Bonchev–Trinajstić information content (AvgIpc) is 3.59. The summed E-state index contributed by atoms with van der Waals surface area (Å²) < 4.78 is 21.7. The van der Waals surface area contributed by atoms with Crippen LogP contribution in [0.4, 0.5) is 4.39 Å². The first kappa shape index (κ1) is 23.9. The Morgan fingerprint density at radius 2 is 1.89 bits per heavy atom. The molecule has 2 amide bonds. The van der Waals surface area contributed by atoms with Crippen LogP contribution in [0.15, 0.2) is 51.8 Å². The molecule has 5 rings (SSSR count). The van der Waals surface area contributed by atoms with Crippen molar-refractivity contribution >= 4 is 45.9 Å². The molecule has 0 atom stereocenters. The van der Waals surface area contributed by atoms with E-state index in [1.54, 1.807) is 31.3 Å². The lowest BCUT2D eigenvalue weighted by Crippen LogP contribution is -2.28. The number of halogens is 1. The third kappa shape index (κ3) is 4.56. The van der Waals surface area contributed by atoms with Gasteiger partial charge in [0.2, 0.25) is 0 Å². The Morgan fingerprint density at radius 3 is 2.65 bits per heavy atom. The number of carbonyl (C=O) groups excluding carboxylic acids is 2. The van der Waals surface area contributed by atoms with Gasteiger partial charge in [0.15, 0.2) is 17.0 Å². The van der Waals surface area contributed by atoms with Crippen molar-refractivity contribution < 1.29 is 28.3 Å². The van der Waals surface area contributed by atoms with Crippen LogP contribution in [0.1, 0.15) is 41.1 Å². The van der Waals surface area contributed by atoms with E-state index < -0.39 is 29.4 Å². The van der Waals surface area contributed by atoms with E-state index in [4.69, 9.17) is 9.52 Å². The fraction of sp³-hybridized carbons (Fsp3) is 0.130. The van der Waals surface area contributed by atoms with E-state index in [0.29, 0.717) is 21.5 Å². The lowest BCUT2D eigenvalue weighted by Gasteiger charge is -2.09. The lowest BCUT2D eigenvalue weighted by atomic mass is 10.2. The number of aromatic nitrogens is 4. The number of benzene rings is 1. The highest BCUT2D eigenvalue weighted by Gasteiger charge is 2.20. The van der Waals surface area contributed by atoms with E-state index in [0.717, 1.165) is 22.0 Å². The first-order valence-corrected chi connectivity index (χ1v) is 11.5. The first-order valence-electron chi connectivity index (χ1n) is 10.7. The van der Waals surface area contributed by atoms with E-state index in [9.17, 15) is 23.6 Å². The van der Waals surface area contributed by atoms with Crippen LogP contribution >= 0.6 is 11.3 Å². The zero-order valence-electron chi connectivity index (χ0n) is 19.0. The minimum Gasteiger partial charge on any atom is -0.477 e. The number of fused-ring (bicyclic) bond motifs is 2. The van der Waals surface area contributed by atoms with Gasteiger partial charge in [-0.25, -0.2) is 23.5 Å². The predicted molar refractivity (Wildman–Crippen MR) is 128 cm³/mol. The summed E-state index contributed by atoms with van der Waals surface area (Å²) in [4.78, 5) is 53.2. The molecule has 4 aromatic heterocycles. The summed E-state index contributed by atoms with van der Waals surface area (Å²) in [6.07, 6.45) is 0.879. The van der Waals surface area contributed by atoms with Crippen LogP contribution < -0.4 is 16.4 Å². The van der Waals surface area contributed by atoms with Crippen molar-refractivity contribution in [3.63, 3.8) is 0 Å². The third-order valence-corrected chi connectivity index (χ3v) is 6.57. The highest BCUT2D eigenvalue weighted by molar-refractivity contribution is 7.13. The number of carbonyl (C=O) groups is 3. The summed E-state index contributed by atoms with van der Waals surface area (Å²) in [6.45, 7) is 0.0828. The molecule has 0 bridgehead atoms. The van der Waals surface area contributed by atoms with Gasteiger partial charge in [-0.1, -0.05) is 6.07 Å². The maximum absolute atomic E-state index is 14.3. The van der Waals surface area contributed by atoms with Gasteiger partial charge in [-0.15, -0.1) is 11.3 Å². The number of thiophene rings is 1. The monoisotopic (exact) mass is 524 g/mol. The molecule has 14 heteroatoms. The molecular weight excluding hydrogens is 507 g/mol. The van der Waals surface area contributed by atoms with Crippen molar-refractivity contribution in [1.82, 2.24) is 29.8 Å². The average molecular weight is 524 g/mol. The number of nitrogens with one attached hydrogen (secondary N) is 2. The fourth-order valence-electron chi connectivity index (χ4n) is 3.62. The molecule has 0 fully saturated rings. The van der Waals surface area contributed by atoms with E-state index in [2.05, 4.69) is 20.7 Å². The number of hydrogen-bond acceptors (Lipinski definition) is 8. The molecule has 0 aliphatic rings. The van der Waals surface area contributed by atoms with Crippen LogP contribution in [-0.4, -0.2) is 42.1 Å². The molecule has 37 heavy (non-hydrogen) atoms. The number of aryl methyl sites for hydroxylation is 1. The Labute approximate surface area is 210 Å². The molecule has 12 nitrogen and oxygen atoms in total. The first-order chi connectivity index (χ1) is 17.7. The molecule has 4 heterocycles. The second kappa shape index (κ2) is 9.31. The van der Waals surface area contributed by atoms with Gasteiger partial charge in [-0.05, 0) is 29.8 Å². The summed E-state index contributed by atoms with van der Waals surface area (Å²) in [5, 5.41) is 18.2. The van der Waals surface area contributed by atoms with Gasteiger partial charge in [0.25, 0.3) is 11.8 Å². The van der Waals surface area contributed by atoms with Gasteiger partial charge in [0.05, 0.1) is 18.3 Å². The summed E-state index contributed by atoms with van der Waals surface area (Å²) in [5.41, 5.74) is 0.975. The van der Waals surface area contributed by atoms with Gasteiger partial charge in [0, 0.05) is 24.5 Å². The van der Waals surface area contributed by atoms with Crippen LogP contribution in [0.5, 0.6) is 0 Å². The number of nitrogens with zero attached hydrogens (tertiary/aromatic N) is 4. The zero-order valence-corrected chi connectivity index (χ0v) is 19.8. The van der Waals surface area contributed by atoms with Crippen LogP contribution in [-0.2, 0) is 20.1 Å². The van der Waals surface area contributed by atoms with Crippen LogP contribution in [0.3, 0.4) is 0 Å². The summed E-state index contributed by atoms with van der Waals surface area (Å²) in [5.74, 6) is -3.73. The predicted octanol–water partition coefficient (Wildman–Crippen LogP) is 1.93. The van der Waals surface area contributed by atoms with Crippen LogP contribution in [0.25, 0.3) is 16.7 Å². The summed E-state index contributed by atoms with van der Waals surface area (Å²) in [7, 11) is 1.56. The van der Waals surface area contributed by atoms with Gasteiger partial charge < -0.3 is 20.2 Å². The van der Waals surface area contributed by atoms with Gasteiger partial charge in [-0.3, -0.25) is 14.2 Å². The van der Waals surface area contributed by atoms with Gasteiger partial charge in [-0.2, -0.15) is 5.10 Å². The van der Waals surface area contributed by atoms with Crippen molar-refractivity contribution in [1.29, 1.82) is 0 Å². The fourth-order valence-corrected chi connectivity index (χ4v) is 4.40. The maximum atomic E-state index is 14.3. The largest absolute Gasteiger partial charge is 0.477 e. The molecular formula is C23H17FN6O6S. The normalized spacial score (nSPS) is 11.2. The Morgan fingerprint density at radius 1 is 1.11 bits per heavy atom. The molecule has 3 N–H and O–H groups in total. The second-order valence-electron chi connectivity index (χ2n) is 7.92. The summed E-state index contributed by atoms with van der Waals surface area (Å²) in [6, 6.07) is 9.16. The van der Waals surface area contributed by atoms with Crippen molar-refractivity contribution in [2.45, 2.75) is 13.1 Å². The zero-order chi connectivity index (χ0) is 26.3. The molecule has 0 spiro atoms. The van der Waals surface area contributed by atoms with Crippen molar-refractivity contribution in [2.24, 2.45) is 7.05 Å². The molecule has 1 aromatic carbocycles. The standard InChI is InChI=1S/C23H17FN6O6S/c1-29-15-6-11(2-4-17(15)36-23(29)35)8-25-20(31)14-7-16(30-19(28-14)13(24)10-27-30)21(32)26-9-12-3-5-18(37-12)22(33)34/h2-7,10H,8-9H2,1H3,(H,25,31)(H,26,32)(H,33,34). The number of hydrogen-bond donors (Lipinski definition) is 3. The second-order valence-corrected chi connectivity index (χ2v) is 9.09. The number of oxazole rings is 1. The van der Waals surface area contributed by atoms with E-state index in [1.165, 1.54) is 16.7 Å². The van der Waals surface area contributed by atoms with Gasteiger partial charge >= 0.3 is 11.7 Å². The quantitative estimate of drug-likeness (QED) is 0.291. The number of rotatable bonds is 7. The van der Waals surface area contributed by atoms with E-state index >= 15 is 0 Å².